The summed E-state index contributed by atoms with van der Waals surface area (Å²) < 4.78 is 0. The lowest BCUT2D eigenvalue weighted by Crippen LogP contribution is -2.35. The zero-order valence-corrected chi connectivity index (χ0v) is 13.1. The van der Waals surface area contributed by atoms with Crippen molar-refractivity contribution in [2.24, 2.45) is 0 Å². The van der Waals surface area contributed by atoms with Crippen molar-refractivity contribution in [1.29, 1.82) is 0 Å². The van der Waals surface area contributed by atoms with Crippen molar-refractivity contribution in [3.8, 4) is 0 Å². The molecule has 0 aromatic heterocycles. The van der Waals surface area contributed by atoms with Gasteiger partial charge < -0.3 is 9.80 Å². The van der Waals surface area contributed by atoms with E-state index < -0.39 is 0 Å². The third kappa shape index (κ3) is 2.76. The van der Waals surface area contributed by atoms with Crippen LogP contribution in [0.4, 0.5) is 11.4 Å². The molecule has 4 heteroatoms. The van der Waals surface area contributed by atoms with Crippen LogP contribution in [0.15, 0.2) is 53.4 Å². The number of carbonyl (C=O) groups excluding carboxylic acids is 1. The summed E-state index contributed by atoms with van der Waals surface area (Å²) in [5.41, 5.74) is 2.80. The van der Waals surface area contributed by atoms with Crippen molar-refractivity contribution < 1.29 is 4.79 Å². The molecule has 21 heavy (non-hydrogen) atoms. The Kier molecular flexibility index (Phi) is 3.88. The van der Waals surface area contributed by atoms with E-state index in [-0.39, 0.29) is 5.91 Å². The number of thioether (sulfide) groups is 1. The molecule has 1 heterocycles. The maximum atomic E-state index is 12.8. The van der Waals surface area contributed by atoms with E-state index in [0.29, 0.717) is 0 Å². The number of nitrogens with zero attached hydrogens (tertiary/aromatic N) is 2. The number of para-hydroxylation sites is 1. The number of fused-ring (bicyclic) bond motifs is 1. The SMILES string of the molecule is CN(C)c1cccc(C(=O)N2CCSc3ccccc32)c1. The number of benzene rings is 2. The minimum atomic E-state index is 0.0754. The summed E-state index contributed by atoms with van der Waals surface area (Å²) in [7, 11) is 3.97. The second-order valence-corrected chi connectivity index (χ2v) is 6.35. The third-order valence-corrected chi connectivity index (χ3v) is 4.63. The van der Waals surface area contributed by atoms with E-state index in [0.717, 1.165) is 29.2 Å². The van der Waals surface area contributed by atoms with Gasteiger partial charge in [-0.1, -0.05) is 18.2 Å². The maximum Gasteiger partial charge on any atom is 0.258 e. The summed E-state index contributed by atoms with van der Waals surface area (Å²) in [6.07, 6.45) is 0. The highest BCUT2D eigenvalue weighted by Gasteiger charge is 2.23. The predicted octanol–water partition coefficient (Wildman–Crippen LogP) is 3.51. The van der Waals surface area contributed by atoms with Crippen LogP contribution in [0.3, 0.4) is 0 Å². The van der Waals surface area contributed by atoms with Gasteiger partial charge in [0.2, 0.25) is 0 Å². The van der Waals surface area contributed by atoms with E-state index in [2.05, 4.69) is 6.07 Å². The molecule has 0 bridgehead atoms. The number of hydrogen-bond donors (Lipinski definition) is 0. The van der Waals surface area contributed by atoms with Gasteiger partial charge in [-0.2, -0.15) is 0 Å². The van der Waals surface area contributed by atoms with Crippen LogP contribution in [0.5, 0.6) is 0 Å². The lowest BCUT2D eigenvalue weighted by molar-refractivity contribution is 0.0987. The molecule has 1 aliphatic heterocycles. The molecule has 2 aromatic carbocycles. The first-order chi connectivity index (χ1) is 10.2. The molecule has 0 unspecified atom stereocenters. The third-order valence-electron chi connectivity index (χ3n) is 3.58. The Morgan fingerprint density at radius 1 is 1.14 bits per heavy atom. The van der Waals surface area contributed by atoms with Crippen LogP contribution in [0.2, 0.25) is 0 Å². The average Bonchev–Trinajstić information content (AvgIpc) is 2.53. The van der Waals surface area contributed by atoms with Gasteiger partial charge in [-0.15, -0.1) is 11.8 Å². The van der Waals surface area contributed by atoms with E-state index in [4.69, 9.17) is 0 Å². The molecule has 2 aromatic rings. The molecule has 1 aliphatic rings. The van der Waals surface area contributed by atoms with E-state index in [1.807, 2.05) is 78.1 Å². The van der Waals surface area contributed by atoms with Gasteiger partial charge in [0.15, 0.2) is 0 Å². The molecule has 108 valence electrons. The number of rotatable bonds is 2. The lowest BCUT2D eigenvalue weighted by atomic mass is 10.1. The highest BCUT2D eigenvalue weighted by molar-refractivity contribution is 7.99. The number of anilines is 2. The first-order valence-corrected chi connectivity index (χ1v) is 7.96. The smallest absolute Gasteiger partial charge is 0.258 e. The molecule has 0 saturated carbocycles. The van der Waals surface area contributed by atoms with Crippen molar-refractivity contribution in [3.63, 3.8) is 0 Å². The summed E-state index contributed by atoms with van der Waals surface area (Å²) in [5, 5.41) is 0. The highest BCUT2D eigenvalue weighted by Crippen LogP contribution is 2.35. The zero-order chi connectivity index (χ0) is 14.8. The van der Waals surface area contributed by atoms with Crippen molar-refractivity contribution >= 4 is 29.0 Å². The van der Waals surface area contributed by atoms with E-state index in [9.17, 15) is 4.79 Å². The normalized spacial score (nSPS) is 13.7. The Bertz CT molecular complexity index is 669. The minimum Gasteiger partial charge on any atom is -0.378 e. The van der Waals surface area contributed by atoms with Gasteiger partial charge in [-0.25, -0.2) is 0 Å². The van der Waals surface area contributed by atoms with Crippen LogP contribution in [-0.2, 0) is 0 Å². The first kappa shape index (κ1) is 14.0. The fourth-order valence-corrected chi connectivity index (χ4v) is 3.45. The fraction of sp³-hybridized carbons (Fsp3) is 0.235. The Hall–Kier alpha value is -1.94. The van der Waals surface area contributed by atoms with Gasteiger partial charge >= 0.3 is 0 Å². The number of carbonyl (C=O) groups is 1. The maximum absolute atomic E-state index is 12.8. The second-order valence-electron chi connectivity index (χ2n) is 5.22. The standard InChI is InChI=1S/C17H18N2OS/c1-18(2)14-7-5-6-13(12-14)17(20)19-10-11-21-16-9-4-3-8-15(16)19/h3-9,12H,10-11H2,1-2H3. The summed E-state index contributed by atoms with van der Waals surface area (Å²) in [6.45, 7) is 0.757. The van der Waals surface area contributed by atoms with E-state index in [1.54, 1.807) is 0 Å². The molecule has 0 saturated heterocycles. The van der Waals surface area contributed by atoms with Crippen molar-refractivity contribution in [1.82, 2.24) is 0 Å². The number of hydrogen-bond acceptors (Lipinski definition) is 3. The molecule has 0 radical (unpaired) electrons. The van der Waals surface area contributed by atoms with Crippen LogP contribution in [-0.4, -0.2) is 32.3 Å². The quantitative estimate of drug-likeness (QED) is 0.848. The van der Waals surface area contributed by atoms with Crippen LogP contribution < -0.4 is 9.80 Å². The van der Waals surface area contributed by atoms with Gasteiger partial charge in [0, 0.05) is 42.5 Å². The minimum absolute atomic E-state index is 0.0754. The Morgan fingerprint density at radius 3 is 2.76 bits per heavy atom. The van der Waals surface area contributed by atoms with Crippen LogP contribution in [0.25, 0.3) is 0 Å². The van der Waals surface area contributed by atoms with Crippen LogP contribution in [0, 0.1) is 0 Å². The van der Waals surface area contributed by atoms with Crippen molar-refractivity contribution in [2.45, 2.75) is 4.90 Å². The molecule has 0 fully saturated rings. The largest absolute Gasteiger partial charge is 0.378 e. The monoisotopic (exact) mass is 298 g/mol. The highest BCUT2D eigenvalue weighted by atomic mass is 32.2. The summed E-state index contributed by atoms with van der Waals surface area (Å²) in [4.78, 5) is 17.9. The molecule has 3 rings (SSSR count). The molecule has 0 spiro atoms. The Balaban J connectivity index is 1.95. The van der Waals surface area contributed by atoms with Gasteiger partial charge in [0.05, 0.1) is 5.69 Å². The molecule has 1 amide bonds. The summed E-state index contributed by atoms with van der Waals surface area (Å²) >= 11 is 1.81. The summed E-state index contributed by atoms with van der Waals surface area (Å²) in [5.74, 6) is 1.02. The lowest BCUT2D eigenvalue weighted by Gasteiger charge is -2.29. The average molecular weight is 298 g/mol. The number of amides is 1. The summed E-state index contributed by atoms with van der Waals surface area (Å²) in [6, 6.07) is 15.9. The van der Waals surface area contributed by atoms with Gasteiger partial charge in [-0.05, 0) is 30.3 Å². The zero-order valence-electron chi connectivity index (χ0n) is 12.2. The molecule has 0 atom stereocenters. The Labute approximate surface area is 129 Å². The van der Waals surface area contributed by atoms with E-state index in [1.165, 1.54) is 4.90 Å². The molecule has 3 nitrogen and oxygen atoms in total. The van der Waals surface area contributed by atoms with E-state index >= 15 is 0 Å². The molecule has 0 aliphatic carbocycles. The predicted molar refractivity (Wildman–Crippen MR) is 89.6 cm³/mol. The molecule has 0 N–H and O–H groups in total. The van der Waals surface area contributed by atoms with Gasteiger partial charge in [0.1, 0.15) is 0 Å². The van der Waals surface area contributed by atoms with Gasteiger partial charge in [0.25, 0.3) is 5.91 Å². The Morgan fingerprint density at radius 2 is 1.95 bits per heavy atom. The molecular formula is C17H18N2OS. The first-order valence-electron chi connectivity index (χ1n) is 6.98. The van der Waals surface area contributed by atoms with Crippen LogP contribution in [0.1, 0.15) is 10.4 Å². The van der Waals surface area contributed by atoms with Crippen molar-refractivity contribution in [3.05, 3.63) is 54.1 Å². The van der Waals surface area contributed by atoms with Crippen LogP contribution >= 0.6 is 11.8 Å². The topological polar surface area (TPSA) is 23.6 Å². The van der Waals surface area contributed by atoms with Gasteiger partial charge in [-0.3, -0.25) is 4.79 Å². The second kappa shape index (κ2) is 5.82. The fourth-order valence-electron chi connectivity index (χ4n) is 2.45. The van der Waals surface area contributed by atoms with Crippen molar-refractivity contribution in [2.75, 3.05) is 36.2 Å². The molecular weight excluding hydrogens is 280 g/mol.